The number of anilines is 2. The SMILES string of the molecule is CC(C)=C1[C@H]2CC[C@H]1[C@H](C(=O)Nc1ccc(S(=O)(=O)Nc3cc(Cl)cc(Cl)c3)cc1)[C@H]2C(=O)O. The molecule has 2 bridgehead atoms. The number of carboxylic acid groups (broad SMARTS) is 1. The lowest BCUT2D eigenvalue weighted by atomic mass is 9.78. The van der Waals surface area contributed by atoms with E-state index in [1.54, 1.807) is 0 Å². The maximum Gasteiger partial charge on any atom is 0.307 e. The van der Waals surface area contributed by atoms with E-state index >= 15 is 0 Å². The van der Waals surface area contributed by atoms with Crippen molar-refractivity contribution in [1.82, 2.24) is 0 Å². The highest BCUT2D eigenvalue weighted by Crippen LogP contribution is 2.57. The van der Waals surface area contributed by atoms with Gasteiger partial charge in [0.25, 0.3) is 10.0 Å². The quantitative estimate of drug-likeness (QED) is 0.438. The molecule has 180 valence electrons. The van der Waals surface area contributed by atoms with Crippen molar-refractivity contribution >= 4 is 56.5 Å². The van der Waals surface area contributed by atoms with Crippen LogP contribution in [-0.2, 0) is 19.6 Å². The third-order valence-electron chi connectivity index (χ3n) is 6.55. The number of sulfonamides is 1. The summed E-state index contributed by atoms with van der Waals surface area (Å²) in [6.07, 6.45) is 1.58. The molecule has 0 heterocycles. The number of benzene rings is 2. The van der Waals surface area contributed by atoms with Gasteiger partial charge in [-0.2, -0.15) is 0 Å². The van der Waals surface area contributed by atoms with Gasteiger partial charge in [0.2, 0.25) is 5.91 Å². The minimum absolute atomic E-state index is 0.0169. The first-order valence-electron chi connectivity index (χ1n) is 10.8. The lowest BCUT2D eigenvalue weighted by Gasteiger charge is -2.26. The Kier molecular flexibility index (Phi) is 6.68. The highest BCUT2D eigenvalue weighted by atomic mass is 35.5. The van der Waals surface area contributed by atoms with Gasteiger partial charge >= 0.3 is 5.97 Å². The van der Waals surface area contributed by atoms with Crippen LogP contribution >= 0.6 is 23.2 Å². The molecule has 2 saturated carbocycles. The first-order chi connectivity index (χ1) is 16.0. The number of allylic oxidation sites excluding steroid dienone is 2. The van der Waals surface area contributed by atoms with Crippen molar-refractivity contribution in [1.29, 1.82) is 0 Å². The van der Waals surface area contributed by atoms with Crippen LogP contribution in [0.4, 0.5) is 11.4 Å². The zero-order chi connectivity index (χ0) is 24.8. The number of carbonyl (C=O) groups excluding carboxylic acids is 1. The molecule has 2 aliphatic rings. The third-order valence-corrected chi connectivity index (χ3v) is 8.39. The first-order valence-corrected chi connectivity index (χ1v) is 13.0. The molecule has 3 N–H and O–H groups in total. The second-order valence-electron chi connectivity index (χ2n) is 8.91. The molecule has 4 rings (SSSR count). The Hall–Kier alpha value is -2.55. The highest BCUT2D eigenvalue weighted by Gasteiger charge is 2.57. The van der Waals surface area contributed by atoms with E-state index in [1.165, 1.54) is 42.5 Å². The Morgan fingerprint density at radius 2 is 1.47 bits per heavy atom. The smallest absolute Gasteiger partial charge is 0.307 e. The average molecular weight is 523 g/mol. The Morgan fingerprint density at radius 3 is 2.00 bits per heavy atom. The van der Waals surface area contributed by atoms with Gasteiger partial charge in [0.1, 0.15) is 0 Å². The van der Waals surface area contributed by atoms with Crippen molar-refractivity contribution in [2.24, 2.45) is 23.7 Å². The van der Waals surface area contributed by atoms with E-state index in [1.807, 2.05) is 13.8 Å². The van der Waals surface area contributed by atoms with Gasteiger partial charge in [-0.3, -0.25) is 14.3 Å². The number of hydrogen-bond donors (Lipinski definition) is 3. The zero-order valence-electron chi connectivity index (χ0n) is 18.5. The molecular weight excluding hydrogens is 499 g/mol. The van der Waals surface area contributed by atoms with Crippen LogP contribution in [0.25, 0.3) is 0 Å². The molecular formula is C24H24Cl2N2O5S. The Balaban J connectivity index is 1.51. The normalized spacial score (nSPS) is 23.6. The number of amides is 1. The fourth-order valence-electron chi connectivity index (χ4n) is 5.37. The van der Waals surface area contributed by atoms with Gasteiger partial charge in [0, 0.05) is 15.7 Å². The van der Waals surface area contributed by atoms with Crippen LogP contribution in [0.5, 0.6) is 0 Å². The number of fused-ring (bicyclic) bond motifs is 2. The third kappa shape index (κ3) is 4.67. The standard InChI is InChI=1S/C24H24Cl2N2O5S/c1-12(2)20-18-7-8-19(20)22(24(30)31)21(18)23(29)27-15-3-5-17(6-4-15)34(32,33)28-16-10-13(25)9-14(26)11-16/h3-6,9-11,18-19,21-22,28H,7-8H2,1-2H3,(H,27,29)(H,30,31)/t18-,19-,21+,22+/m1/s1. The average Bonchev–Trinajstić information content (AvgIpc) is 3.29. The highest BCUT2D eigenvalue weighted by molar-refractivity contribution is 7.92. The number of rotatable bonds is 6. The molecule has 10 heteroatoms. The molecule has 0 aromatic heterocycles. The van der Waals surface area contributed by atoms with Gasteiger partial charge in [-0.25, -0.2) is 8.42 Å². The second-order valence-corrected chi connectivity index (χ2v) is 11.5. The fourth-order valence-corrected chi connectivity index (χ4v) is 6.94. The molecule has 2 aromatic rings. The summed E-state index contributed by atoms with van der Waals surface area (Å²) in [5, 5.41) is 13.2. The topological polar surface area (TPSA) is 113 Å². The summed E-state index contributed by atoms with van der Waals surface area (Å²) in [4.78, 5) is 25.1. The molecule has 0 aliphatic heterocycles. The minimum atomic E-state index is -3.92. The first kappa shape index (κ1) is 24.6. The zero-order valence-corrected chi connectivity index (χ0v) is 20.8. The largest absolute Gasteiger partial charge is 0.481 e. The van der Waals surface area contributed by atoms with Gasteiger partial charge in [0.15, 0.2) is 0 Å². The number of nitrogens with one attached hydrogen (secondary N) is 2. The number of carboxylic acids is 1. The fraction of sp³-hybridized carbons (Fsp3) is 0.333. The molecule has 4 atom stereocenters. The van der Waals surface area contributed by atoms with E-state index in [4.69, 9.17) is 23.2 Å². The van der Waals surface area contributed by atoms with Gasteiger partial charge in [-0.1, -0.05) is 34.3 Å². The summed E-state index contributed by atoms with van der Waals surface area (Å²) in [5.74, 6) is -2.91. The van der Waals surface area contributed by atoms with Gasteiger partial charge < -0.3 is 10.4 Å². The van der Waals surface area contributed by atoms with Crippen molar-refractivity contribution < 1.29 is 23.1 Å². The van der Waals surface area contributed by atoms with E-state index in [2.05, 4.69) is 10.0 Å². The van der Waals surface area contributed by atoms with Crippen LogP contribution in [0, 0.1) is 23.7 Å². The summed E-state index contributed by atoms with van der Waals surface area (Å²) < 4.78 is 27.9. The molecule has 1 amide bonds. The Labute approximate surface area is 208 Å². The summed E-state index contributed by atoms with van der Waals surface area (Å²) in [5.41, 5.74) is 2.79. The molecule has 7 nitrogen and oxygen atoms in total. The molecule has 0 saturated heterocycles. The molecule has 2 aromatic carbocycles. The van der Waals surface area contributed by atoms with E-state index in [9.17, 15) is 23.1 Å². The van der Waals surface area contributed by atoms with Crippen LogP contribution in [0.3, 0.4) is 0 Å². The molecule has 0 radical (unpaired) electrons. The minimum Gasteiger partial charge on any atom is -0.481 e. The Bertz CT molecular complexity index is 1270. The van der Waals surface area contributed by atoms with Crippen molar-refractivity contribution in [2.75, 3.05) is 10.0 Å². The van der Waals surface area contributed by atoms with E-state index in [0.717, 1.165) is 24.0 Å². The number of aliphatic carboxylic acids is 1. The van der Waals surface area contributed by atoms with Crippen molar-refractivity contribution in [3.05, 3.63) is 63.7 Å². The van der Waals surface area contributed by atoms with Crippen LogP contribution in [0.1, 0.15) is 26.7 Å². The molecule has 0 unspecified atom stereocenters. The summed E-state index contributed by atoms with van der Waals surface area (Å²) in [7, 11) is -3.92. The van der Waals surface area contributed by atoms with Crippen LogP contribution in [0.2, 0.25) is 10.0 Å². The van der Waals surface area contributed by atoms with Crippen molar-refractivity contribution in [2.45, 2.75) is 31.6 Å². The lowest BCUT2D eigenvalue weighted by Crippen LogP contribution is -2.37. The second kappa shape index (κ2) is 9.24. The van der Waals surface area contributed by atoms with Crippen LogP contribution < -0.4 is 10.0 Å². The van der Waals surface area contributed by atoms with Gasteiger partial charge in [0.05, 0.1) is 22.4 Å². The van der Waals surface area contributed by atoms with Crippen molar-refractivity contribution in [3.8, 4) is 0 Å². The summed E-state index contributed by atoms with van der Waals surface area (Å²) in [6, 6.07) is 10.0. The van der Waals surface area contributed by atoms with E-state index in [0.29, 0.717) is 15.7 Å². The summed E-state index contributed by atoms with van der Waals surface area (Å²) in [6.45, 7) is 3.93. The van der Waals surface area contributed by atoms with Crippen LogP contribution in [0.15, 0.2) is 58.5 Å². The predicted molar refractivity (Wildman–Crippen MR) is 132 cm³/mol. The predicted octanol–water partition coefficient (Wildman–Crippen LogP) is 5.43. The number of halogens is 2. The van der Waals surface area contributed by atoms with E-state index < -0.39 is 27.8 Å². The van der Waals surface area contributed by atoms with Crippen LogP contribution in [-0.4, -0.2) is 25.4 Å². The lowest BCUT2D eigenvalue weighted by molar-refractivity contribution is -0.148. The maximum atomic E-state index is 13.1. The van der Waals surface area contributed by atoms with Gasteiger partial charge in [-0.05, 0) is 81.0 Å². The van der Waals surface area contributed by atoms with Crippen molar-refractivity contribution in [3.63, 3.8) is 0 Å². The number of carbonyl (C=O) groups is 2. The molecule has 2 aliphatic carbocycles. The monoisotopic (exact) mass is 522 g/mol. The summed E-state index contributed by atoms with van der Waals surface area (Å²) >= 11 is 11.9. The molecule has 0 spiro atoms. The van der Waals surface area contributed by atoms with Gasteiger partial charge in [-0.15, -0.1) is 0 Å². The van der Waals surface area contributed by atoms with E-state index in [-0.39, 0.29) is 28.3 Å². The Morgan fingerprint density at radius 1 is 0.912 bits per heavy atom. The number of hydrogen-bond acceptors (Lipinski definition) is 4. The molecule has 2 fully saturated rings. The molecule has 34 heavy (non-hydrogen) atoms. The maximum absolute atomic E-state index is 13.1.